The van der Waals surface area contributed by atoms with E-state index in [-0.39, 0.29) is 12.3 Å². The van der Waals surface area contributed by atoms with Crippen molar-refractivity contribution in [1.29, 1.82) is 0 Å². The fourth-order valence-corrected chi connectivity index (χ4v) is 4.98. The topological polar surface area (TPSA) is 79.3 Å². The number of nitrogens with one attached hydrogen (secondary N) is 1. The molecular formula is C20H26N2O3S2. The zero-order valence-corrected chi connectivity index (χ0v) is 17.7. The molecular weight excluding hydrogens is 380 g/mol. The maximum absolute atomic E-state index is 12.6. The van der Waals surface area contributed by atoms with Crippen LogP contribution in [-0.2, 0) is 27.8 Å². The standard InChI is InChI=1S/C20H26N2O3S2/c1-12(2)14-6-5-7-15(13-8-9-13)16(14)10-18(23)22-27(25)19-21-11-17(26-19)20(3,4)24/h5-7,11-13,24H,8-10H2,1-4H3,(H,22,23). The van der Waals surface area contributed by atoms with Crippen LogP contribution in [0.5, 0.6) is 0 Å². The van der Waals surface area contributed by atoms with Gasteiger partial charge in [0.05, 0.1) is 16.9 Å². The third kappa shape index (κ3) is 4.83. The number of carbonyl (C=O) groups is 1. The van der Waals surface area contributed by atoms with E-state index >= 15 is 0 Å². The number of carbonyl (C=O) groups excluding carboxylic acids is 1. The number of hydrogen-bond donors (Lipinski definition) is 2. The minimum atomic E-state index is -1.72. The summed E-state index contributed by atoms with van der Waals surface area (Å²) < 4.78 is 15.3. The number of thiazole rings is 1. The van der Waals surface area contributed by atoms with E-state index in [9.17, 15) is 14.1 Å². The van der Waals surface area contributed by atoms with Crippen molar-refractivity contribution in [3.05, 3.63) is 46.0 Å². The highest BCUT2D eigenvalue weighted by Gasteiger charge is 2.28. The second kappa shape index (κ2) is 7.81. The van der Waals surface area contributed by atoms with Crippen molar-refractivity contribution in [2.45, 2.75) is 68.7 Å². The van der Waals surface area contributed by atoms with Crippen molar-refractivity contribution in [1.82, 2.24) is 9.71 Å². The van der Waals surface area contributed by atoms with Crippen LogP contribution in [-0.4, -0.2) is 20.2 Å². The molecule has 0 spiro atoms. The summed E-state index contributed by atoms with van der Waals surface area (Å²) in [4.78, 5) is 17.3. The van der Waals surface area contributed by atoms with Crippen LogP contribution < -0.4 is 4.72 Å². The van der Waals surface area contributed by atoms with E-state index in [2.05, 4.69) is 41.8 Å². The van der Waals surface area contributed by atoms with Gasteiger partial charge in [0, 0.05) is 6.20 Å². The van der Waals surface area contributed by atoms with Crippen LogP contribution in [0.4, 0.5) is 0 Å². The van der Waals surface area contributed by atoms with Crippen LogP contribution in [0.2, 0.25) is 0 Å². The summed E-state index contributed by atoms with van der Waals surface area (Å²) in [5.41, 5.74) is 2.46. The molecule has 27 heavy (non-hydrogen) atoms. The van der Waals surface area contributed by atoms with E-state index in [0.29, 0.717) is 21.1 Å². The van der Waals surface area contributed by atoms with Gasteiger partial charge in [0.15, 0.2) is 11.0 Å². The van der Waals surface area contributed by atoms with Crippen LogP contribution in [0.1, 0.15) is 73.9 Å². The molecule has 2 N–H and O–H groups in total. The van der Waals surface area contributed by atoms with E-state index in [0.717, 1.165) is 16.9 Å². The summed E-state index contributed by atoms with van der Waals surface area (Å²) in [7, 11) is -1.72. The highest BCUT2D eigenvalue weighted by atomic mass is 32.2. The third-order valence-electron chi connectivity index (χ3n) is 4.68. The van der Waals surface area contributed by atoms with Gasteiger partial charge in [-0.3, -0.25) is 9.52 Å². The Kier molecular flexibility index (Phi) is 5.84. The average molecular weight is 407 g/mol. The van der Waals surface area contributed by atoms with Crippen molar-refractivity contribution in [3.8, 4) is 0 Å². The van der Waals surface area contributed by atoms with Crippen LogP contribution in [0, 0.1) is 0 Å². The van der Waals surface area contributed by atoms with Gasteiger partial charge in [0.25, 0.3) is 0 Å². The Balaban J connectivity index is 1.74. The maximum atomic E-state index is 12.6. The Morgan fingerprint density at radius 2 is 2.11 bits per heavy atom. The molecule has 1 heterocycles. The first-order valence-electron chi connectivity index (χ1n) is 9.18. The fraction of sp³-hybridized carbons (Fsp3) is 0.500. The lowest BCUT2D eigenvalue weighted by Crippen LogP contribution is -2.28. The smallest absolute Gasteiger partial charge is 0.236 e. The highest BCUT2D eigenvalue weighted by Crippen LogP contribution is 2.43. The molecule has 0 bridgehead atoms. The Morgan fingerprint density at radius 3 is 2.67 bits per heavy atom. The van der Waals surface area contributed by atoms with E-state index in [4.69, 9.17) is 0 Å². The molecule has 1 aromatic heterocycles. The normalized spacial score (nSPS) is 15.8. The van der Waals surface area contributed by atoms with Crippen LogP contribution in [0.3, 0.4) is 0 Å². The van der Waals surface area contributed by atoms with Gasteiger partial charge in [-0.25, -0.2) is 9.19 Å². The van der Waals surface area contributed by atoms with Crippen molar-refractivity contribution in [2.24, 2.45) is 0 Å². The lowest BCUT2D eigenvalue weighted by molar-refractivity contribution is -0.118. The molecule has 1 fully saturated rings. The molecule has 1 aliphatic carbocycles. The fourth-order valence-electron chi connectivity index (χ4n) is 3.12. The third-order valence-corrected chi connectivity index (χ3v) is 7.32. The van der Waals surface area contributed by atoms with E-state index in [1.165, 1.54) is 30.2 Å². The molecule has 1 saturated carbocycles. The van der Waals surface area contributed by atoms with E-state index in [1.54, 1.807) is 13.8 Å². The summed E-state index contributed by atoms with van der Waals surface area (Å²) in [6.45, 7) is 7.54. The Hall–Kier alpha value is -1.57. The molecule has 1 aromatic carbocycles. The predicted octanol–water partition coefficient (Wildman–Crippen LogP) is 3.75. The molecule has 1 amide bonds. The number of aromatic nitrogens is 1. The summed E-state index contributed by atoms with van der Waals surface area (Å²) in [6.07, 6.45) is 4.06. The van der Waals surface area contributed by atoms with E-state index < -0.39 is 16.6 Å². The van der Waals surface area contributed by atoms with Crippen molar-refractivity contribution in [3.63, 3.8) is 0 Å². The van der Waals surface area contributed by atoms with Gasteiger partial charge in [-0.2, -0.15) is 0 Å². The molecule has 2 aromatic rings. The van der Waals surface area contributed by atoms with Crippen molar-refractivity contribution < 1.29 is 14.1 Å². The van der Waals surface area contributed by atoms with Gasteiger partial charge in [0.2, 0.25) is 10.2 Å². The molecule has 1 aliphatic rings. The van der Waals surface area contributed by atoms with Gasteiger partial charge in [-0.1, -0.05) is 32.0 Å². The number of hydrogen-bond acceptors (Lipinski definition) is 5. The number of benzene rings is 1. The zero-order valence-electron chi connectivity index (χ0n) is 16.1. The molecule has 5 nitrogen and oxygen atoms in total. The second-order valence-electron chi connectivity index (χ2n) is 7.86. The molecule has 3 rings (SSSR count). The zero-order chi connectivity index (χ0) is 19.8. The Bertz CT molecular complexity index is 844. The minimum absolute atomic E-state index is 0.218. The van der Waals surface area contributed by atoms with Gasteiger partial charge in [0.1, 0.15) is 0 Å². The molecule has 1 atom stereocenters. The second-order valence-corrected chi connectivity index (χ2v) is 10.3. The van der Waals surface area contributed by atoms with Crippen LogP contribution in [0.25, 0.3) is 0 Å². The molecule has 1 unspecified atom stereocenters. The largest absolute Gasteiger partial charge is 0.385 e. The summed E-state index contributed by atoms with van der Waals surface area (Å²) in [6, 6.07) is 6.25. The number of amides is 1. The van der Waals surface area contributed by atoms with Gasteiger partial charge >= 0.3 is 0 Å². The Morgan fingerprint density at radius 1 is 1.41 bits per heavy atom. The summed E-state index contributed by atoms with van der Waals surface area (Å²) in [5, 5.41) is 10.0. The summed E-state index contributed by atoms with van der Waals surface area (Å²) >= 11 is 1.15. The average Bonchev–Trinajstić information content (AvgIpc) is 3.28. The molecule has 7 heteroatoms. The van der Waals surface area contributed by atoms with Gasteiger partial charge in [-0.15, -0.1) is 11.3 Å². The lowest BCUT2D eigenvalue weighted by Gasteiger charge is -2.17. The monoisotopic (exact) mass is 406 g/mol. The first-order chi connectivity index (χ1) is 12.7. The summed E-state index contributed by atoms with van der Waals surface area (Å²) in [5.74, 6) is 0.596. The maximum Gasteiger partial charge on any atom is 0.236 e. The minimum Gasteiger partial charge on any atom is -0.385 e. The number of aliphatic hydroxyl groups is 1. The quantitative estimate of drug-likeness (QED) is 0.734. The van der Waals surface area contributed by atoms with Crippen molar-refractivity contribution in [2.75, 3.05) is 0 Å². The highest BCUT2D eigenvalue weighted by molar-refractivity contribution is 7.85. The van der Waals surface area contributed by atoms with Crippen molar-refractivity contribution >= 4 is 28.2 Å². The first kappa shape index (κ1) is 20.2. The SMILES string of the molecule is CC(C)c1cccc(C2CC2)c1CC(=O)NS(=O)c1ncc(C(C)(C)O)s1. The van der Waals surface area contributed by atoms with E-state index in [1.807, 2.05) is 0 Å². The molecule has 0 saturated heterocycles. The lowest BCUT2D eigenvalue weighted by atomic mass is 9.89. The van der Waals surface area contributed by atoms with Gasteiger partial charge < -0.3 is 5.11 Å². The first-order valence-corrected chi connectivity index (χ1v) is 11.1. The van der Waals surface area contributed by atoms with Crippen LogP contribution >= 0.6 is 11.3 Å². The van der Waals surface area contributed by atoms with Crippen LogP contribution in [0.15, 0.2) is 28.7 Å². The molecule has 146 valence electrons. The molecule has 0 radical (unpaired) electrons. The van der Waals surface area contributed by atoms with Gasteiger partial charge in [-0.05, 0) is 55.2 Å². The number of nitrogens with zero attached hydrogens (tertiary/aromatic N) is 1. The number of rotatable bonds is 7. The Labute approximate surface area is 166 Å². The molecule has 0 aliphatic heterocycles. The predicted molar refractivity (Wildman–Crippen MR) is 108 cm³/mol.